The summed E-state index contributed by atoms with van der Waals surface area (Å²) in [7, 11) is 2.01. The van der Waals surface area contributed by atoms with Gasteiger partial charge < -0.3 is 5.32 Å². The lowest BCUT2D eigenvalue weighted by atomic mass is 10.0. The van der Waals surface area contributed by atoms with Crippen molar-refractivity contribution in [3.63, 3.8) is 0 Å². The van der Waals surface area contributed by atoms with Crippen LogP contribution in [0, 0.1) is 0 Å². The fourth-order valence-electron chi connectivity index (χ4n) is 2.28. The maximum atomic E-state index is 4.51. The first kappa shape index (κ1) is 13.7. The molecule has 0 aromatic carbocycles. The molecule has 1 atom stereocenters. The second-order valence-electron chi connectivity index (χ2n) is 4.70. The molecule has 0 amide bonds. The molecular formula is C15H22N4. The molecule has 0 aliphatic carbocycles. The monoisotopic (exact) mass is 258 g/mol. The van der Waals surface area contributed by atoms with Gasteiger partial charge in [0.1, 0.15) is 0 Å². The second kappa shape index (κ2) is 6.48. The van der Waals surface area contributed by atoms with Crippen LogP contribution in [0.25, 0.3) is 0 Å². The number of nitrogens with zero attached hydrogens (tertiary/aromatic N) is 3. The molecule has 0 fully saturated rings. The third-order valence-electron chi connectivity index (χ3n) is 3.34. The van der Waals surface area contributed by atoms with Gasteiger partial charge in [0, 0.05) is 37.6 Å². The van der Waals surface area contributed by atoms with Gasteiger partial charge in [0.2, 0.25) is 0 Å². The lowest BCUT2D eigenvalue weighted by Crippen LogP contribution is -2.24. The van der Waals surface area contributed by atoms with Crippen LogP contribution >= 0.6 is 0 Å². The molecule has 4 heteroatoms. The van der Waals surface area contributed by atoms with E-state index in [-0.39, 0.29) is 0 Å². The molecule has 19 heavy (non-hydrogen) atoms. The van der Waals surface area contributed by atoms with Crippen molar-refractivity contribution in [3.05, 3.63) is 47.5 Å². The Morgan fingerprint density at radius 2 is 2.21 bits per heavy atom. The molecule has 102 valence electrons. The third-order valence-corrected chi connectivity index (χ3v) is 3.34. The number of aromatic nitrogens is 3. The molecule has 0 bridgehead atoms. The van der Waals surface area contributed by atoms with Crippen LogP contribution in [0.2, 0.25) is 0 Å². The van der Waals surface area contributed by atoms with Gasteiger partial charge in [-0.05, 0) is 30.7 Å². The van der Waals surface area contributed by atoms with Gasteiger partial charge in [-0.25, -0.2) is 0 Å². The SMILES string of the molecule is CCNC(Cc1cc(CC)nn1C)c1cccnc1. The normalized spacial score (nSPS) is 12.6. The maximum absolute atomic E-state index is 4.51. The van der Waals surface area contributed by atoms with E-state index in [1.807, 2.05) is 30.2 Å². The molecule has 0 spiro atoms. The van der Waals surface area contributed by atoms with Gasteiger partial charge in [0.05, 0.1) is 5.69 Å². The van der Waals surface area contributed by atoms with E-state index >= 15 is 0 Å². The molecule has 0 radical (unpaired) electrons. The van der Waals surface area contributed by atoms with Crippen LogP contribution in [-0.4, -0.2) is 21.3 Å². The Labute approximate surface area is 114 Å². The highest BCUT2D eigenvalue weighted by molar-refractivity contribution is 5.19. The number of pyridine rings is 1. The zero-order valence-corrected chi connectivity index (χ0v) is 11.9. The minimum Gasteiger partial charge on any atom is -0.310 e. The molecule has 1 unspecified atom stereocenters. The highest BCUT2D eigenvalue weighted by Gasteiger charge is 2.14. The molecule has 0 saturated heterocycles. The summed E-state index contributed by atoms with van der Waals surface area (Å²) < 4.78 is 1.99. The summed E-state index contributed by atoms with van der Waals surface area (Å²) in [5.74, 6) is 0. The van der Waals surface area contributed by atoms with Crippen molar-refractivity contribution in [2.45, 2.75) is 32.7 Å². The van der Waals surface area contributed by atoms with Gasteiger partial charge in [-0.2, -0.15) is 5.10 Å². The van der Waals surface area contributed by atoms with Crippen molar-refractivity contribution in [2.75, 3.05) is 6.54 Å². The summed E-state index contributed by atoms with van der Waals surface area (Å²) in [4.78, 5) is 4.21. The first-order valence-electron chi connectivity index (χ1n) is 6.89. The predicted octanol–water partition coefficient (Wildman–Crippen LogP) is 2.27. The summed E-state index contributed by atoms with van der Waals surface area (Å²) >= 11 is 0. The average Bonchev–Trinajstić information content (AvgIpc) is 2.80. The Hall–Kier alpha value is -1.68. The highest BCUT2D eigenvalue weighted by Crippen LogP contribution is 2.18. The van der Waals surface area contributed by atoms with Gasteiger partial charge in [-0.3, -0.25) is 9.67 Å². The zero-order chi connectivity index (χ0) is 13.7. The first-order chi connectivity index (χ1) is 9.24. The van der Waals surface area contributed by atoms with Gasteiger partial charge in [0.15, 0.2) is 0 Å². The lowest BCUT2D eigenvalue weighted by Gasteiger charge is -2.17. The molecule has 4 nitrogen and oxygen atoms in total. The molecule has 1 N–H and O–H groups in total. The number of hydrogen-bond donors (Lipinski definition) is 1. The largest absolute Gasteiger partial charge is 0.310 e. The Bertz CT molecular complexity index is 504. The molecular weight excluding hydrogens is 236 g/mol. The van der Waals surface area contributed by atoms with Crippen LogP contribution in [0.15, 0.2) is 30.6 Å². The van der Waals surface area contributed by atoms with E-state index in [0.717, 1.165) is 25.1 Å². The molecule has 0 aliphatic heterocycles. The van der Waals surface area contributed by atoms with Crippen molar-refractivity contribution < 1.29 is 0 Å². The molecule has 0 aliphatic rings. The number of rotatable bonds is 6. The molecule has 2 rings (SSSR count). The van der Waals surface area contributed by atoms with Crippen molar-refractivity contribution in [2.24, 2.45) is 7.05 Å². The van der Waals surface area contributed by atoms with Crippen LogP contribution < -0.4 is 5.32 Å². The van der Waals surface area contributed by atoms with E-state index in [1.165, 1.54) is 11.3 Å². The van der Waals surface area contributed by atoms with Crippen molar-refractivity contribution in [3.8, 4) is 0 Å². The van der Waals surface area contributed by atoms with Gasteiger partial charge in [-0.1, -0.05) is 19.9 Å². The zero-order valence-electron chi connectivity index (χ0n) is 11.9. The number of likely N-dealkylation sites (N-methyl/N-ethyl adjacent to an activating group) is 1. The van der Waals surface area contributed by atoms with Gasteiger partial charge in [-0.15, -0.1) is 0 Å². The van der Waals surface area contributed by atoms with Gasteiger partial charge in [0.25, 0.3) is 0 Å². The van der Waals surface area contributed by atoms with E-state index in [4.69, 9.17) is 0 Å². The summed E-state index contributed by atoms with van der Waals surface area (Å²) in [6.07, 6.45) is 5.66. The summed E-state index contributed by atoms with van der Waals surface area (Å²) in [6.45, 7) is 5.21. The topological polar surface area (TPSA) is 42.7 Å². The number of nitrogens with one attached hydrogen (secondary N) is 1. The van der Waals surface area contributed by atoms with Crippen molar-refractivity contribution in [1.29, 1.82) is 0 Å². The Balaban J connectivity index is 2.18. The van der Waals surface area contributed by atoms with Crippen molar-refractivity contribution in [1.82, 2.24) is 20.1 Å². The van der Waals surface area contributed by atoms with E-state index in [9.17, 15) is 0 Å². The van der Waals surface area contributed by atoms with E-state index < -0.39 is 0 Å². The van der Waals surface area contributed by atoms with Crippen LogP contribution in [0.1, 0.15) is 36.8 Å². The molecule has 2 heterocycles. The fraction of sp³-hybridized carbons (Fsp3) is 0.467. The van der Waals surface area contributed by atoms with E-state index in [0.29, 0.717) is 6.04 Å². The summed E-state index contributed by atoms with van der Waals surface area (Å²) in [6, 6.07) is 6.59. The molecule has 2 aromatic heterocycles. The van der Waals surface area contributed by atoms with E-state index in [2.05, 4.69) is 41.4 Å². The number of hydrogen-bond acceptors (Lipinski definition) is 3. The van der Waals surface area contributed by atoms with Gasteiger partial charge >= 0.3 is 0 Å². The van der Waals surface area contributed by atoms with Crippen LogP contribution in [0.4, 0.5) is 0 Å². The quantitative estimate of drug-likeness (QED) is 0.864. The predicted molar refractivity (Wildman–Crippen MR) is 76.9 cm³/mol. The molecule has 2 aromatic rings. The van der Waals surface area contributed by atoms with E-state index in [1.54, 1.807) is 0 Å². The van der Waals surface area contributed by atoms with Crippen LogP contribution in [0.3, 0.4) is 0 Å². The maximum Gasteiger partial charge on any atom is 0.0624 e. The van der Waals surface area contributed by atoms with Crippen LogP contribution in [-0.2, 0) is 19.9 Å². The summed E-state index contributed by atoms with van der Waals surface area (Å²) in [5, 5.41) is 8.03. The Kier molecular flexibility index (Phi) is 4.68. The highest BCUT2D eigenvalue weighted by atomic mass is 15.3. The average molecular weight is 258 g/mol. The Morgan fingerprint density at radius 3 is 2.79 bits per heavy atom. The Morgan fingerprint density at radius 1 is 1.37 bits per heavy atom. The molecule has 0 saturated carbocycles. The standard InChI is InChI=1S/C15H22N4/c1-4-13-9-14(19(3)18-13)10-15(17-5-2)12-7-6-8-16-11-12/h6-9,11,15,17H,4-5,10H2,1-3H3. The summed E-state index contributed by atoms with van der Waals surface area (Å²) in [5.41, 5.74) is 3.63. The second-order valence-corrected chi connectivity index (χ2v) is 4.70. The third kappa shape index (κ3) is 3.41. The first-order valence-corrected chi connectivity index (χ1v) is 6.89. The lowest BCUT2D eigenvalue weighted by molar-refractivity contribution is 0.527. The van der Waals surface area contributed by atoms with Crippen LogP contribution in [0.5, 0.6) is 0 Å². The smallest absolute Gasteiger partial charge is 0.0624 e. The fourth-order valence-corrected chi connectivity index (χ4v) is 2.28. The van der Waals surface area contributed by atoms with Crippen molar-refractivity contribution >= 4 is 0 Å². The minimum atomic E-state index is 0.291. The minimum absolute atomic E-state index is 0.291. The number of aryl methyl sites for hydroxylation is 2.